The third-order valence-electron chi connectivity index (χ3n) is 3.34. The van der Waals surface area contributed by atoms with Gasteiger partial charge in [0.2, 0.25) is 0 Å². The summed E-state index contributed by atoms with van der Waals surface area (Å²) in [6, 6.07) is 5.84. The molecule has 0 bridgehead atoms. The molecule has 0 spiro atoms. The van der Waals surface area contributed by atoms with Crippen molar-refractivity contribution in [3.8, 4) is 0 Å². The highest BCUT2D eigenvalue weighted by molar-refractivity contribution is 5.94. The second-order valence-corrected chi connectivity index (χ2v) is 5.54. The second kappa shape index (κ2) is 9.16. The van der Waals surface area contributed by atoms with Gasteiger partial charge in [-0.25, -0.2) is 0 Å². The van der Waals surface area contributed by atoms with Crippen molar-refractivity contribution in [2.45, 2.75) is 52.4 Å². The molecular formula is C17H25NO3. The Hall–Kier alpha value is -1.84. The summed E-state index contributed by atoms with van der Waals surface area (Å²) in [6.45, 7) is 4.65. The van der Waals surface area contributed by atoms with Gasteiger partial charge in [0.25, 0.3) is 5.91 Å². The number of nitrogens with one attached hydrogen (secondary N) is 1. The molecule has 0 heterocycles. The minimum absolute atomic E-state index is 0.0207. The number of carbonyl (C=O) groups is 2. The van der Waals surface area contributed by atoms with Crippen molar-refractivity contribution >= 4 is 11.9 Å². The highest BCUT2D eigenvalue weighted by Gasteiger charge is 2.05. The van der Waals surface area contributed by atoms with Gasteiger partial charge in [-0.15, -0.1) is 0 Å². The number of carbonyl (C=O) groups excluding carboxylic acids is 1. The van der Waals surface area contributed by atoms with Crippen molar-refractivity contribution in [2.24, 2.45) is 0 Å². The van der Waals surface area contributed by atoms with Crippen molar-refractivity contribution in [3.63, 3.8) is 0 Å². The quantitative estimate of drug-likeness (QED) is 0.685. The average Bonchev–Trinajstić information content (AvgIpc) is 2.40. The first-order chi connectivity index (χ1) is 9.99. The molecule has 0 unspecified atom stereocenters. The number of aryl methyl sites for hydroxylation is 2. The van der Waals surface area contributed by atoms with E-state index in [1.807, 2.05) is 32.0 Å². The minimum atomic E-state index is -0.726. The molecule has 1 aromatic rings. The van der Waals surface area contributed by atoms with Crippen LogP contribution >= 0.6 is 0 Å². The summed E-state index contributed by atoms with van der Waals surface area (Å²) in [5.41, 5.74) is 2.91. The Morgan fingerprint density at radius 3 is 2.14 bits per heavy atom. The predicted molar refractivity (Wildman–Crippen MR) is 83.6 cm³/mol. The Morgan fingerprint density at radius 1 is 0.952 bits per heavy atom. The molecule has 1 amide bonds. The number of rotatable bonds is 9. The van der Waals surface area contributed by atoms with Crippen molar-refractivity contribution < 1.29 is 14.7 Å². The second-order valence-electron chi connectivity index (χ2n) is 5.54. The zero-order valence-corrected chi connectivity index (χ0v) is 12.9. The molecule has 21 heavy (non-hydrogen) atoms. The van der Waals surface area contributed by atoms with E-state index in [-0.39, 0.29) is 12.3 Å². The van der Waals surface area contributed by atoms with Crippen molar-refractivity contribution in [1.82, 2.24) is 5.32 Å². The van der Waals surface area contributed by atoms with Crippen molar-refractivity contribution in [2.75, 3.05) is 6.54 Å². The van der Waals surface area contributed by atoms with Crippen LogP contribution in [-0.4, -0.2) is 23.5 Å². The lowest BCUT2D eigenvalue weighted by Crippen LogP contribution is -2.24. The molecule has 0 saturated carbocycles. The molecule has 1 rings (SSSR count). The number of carboxylic acids is 1. The highest BCUT2D eigenvalue weighted by atomic mass is 16.4. The van der Waals surface area contributed by atoms with Gasteiger partial charge in [-0.2, -0.15) is 0 Å². The summed E-state index contributed by atoms with van der Waals surface area (Å²) in [6.07, 6.45) is 4.91. The molecule has 1 aromatic carbocycles. The number of unbranched alkanes of at least 4 members (excludes halogenated alkanes) is 4. The number of amides is 1. The normalized spacial score (nSPS) is 10.4. The van der Waals surface area contributed by atoms with Gasteiger partial charge < -0.3 is 10.4 Å². The Balaban J connectivity index is 2.15. The van der Waals surface area contributed by atoms with Gasteiger partial charge in [0.15, 0.2) is 0 Å². The zero-order valence-electron chi connectivity index (χ0n) is 12.9. The van der Waals surface area contributed by atoms with Crippen LogP contribution < -0.4 is 5.32 Å². The first-order valence-electron chi connectivity index (χ1n) is 7.57. The molecule has 4 heteroatoms. The van der Waals surface area contributed by atoms with E-state index in [2.05, 4.69) is 5.32 Å². The topological polar surface area (TPSA) is 66.4 Å². The van der Waals surface area contributed by atoms with E-state index < -0.39 is 5.97 Å². The van der Waals surface area contributed by atoms with Crippen molar-refractivity contribution in [3.05, 3.63) is 34.9 Å². The van der Waals surface area contributed by atoms with Crippen LogP contribution in [0.2, 0.25) is 0 Å². The molecule has 4 nitrogen and oxygen atoms in total. The maximum Gasteiger partial charge on any atom is 0.303 e. The van der Waals surface area contributed by atoms with Crippen LogP contribution in [0.25, 0.3) is 0 Å². The van der Waals surface area contributed by atoms with E-state index in [1.165, 1.54) is 0 Å². The molecule has 0 saturated heterocycles. The van der Waals surface area contributed by atoms with Crippen LogP contribution in [0.15, 0.2) is 18.2 Å². The molecule has 0 aromatic heterocycles. The van der Waals surface area contributed by atoms with Crippen LogP contribution in [0.3, 0.4) is 0 Å². The average molecular weight is 291 g/mol. The maximum absolute atomic E-state index is 12.0. The molecule has 2 N–H and O–H groups in total. The molecular weight excluding hydrogens is 266 g/mol. The third kappa shape index (κ3) is 7.49. The van der Waals surface area contributed by atoms with Crippen LogP contribution in [0.4, 0.5) is 0 Å². The van der Waals surface area contributed by atoms with Crippen molar-refractivity contribution in [1.29, 1.82) is 0 Å². The first-order valence-corrected chi connectivity index (χ1v) is 7.57. The lowest BCUT2D eigenvalue weighted by atomic mass is 10.1. The van der Waals surface area contributed by atoms with E-state index in [1.54, 1.807) is 0 Å². The molecule has 0 atom stereocenters. The lowest BCUT2D eigenvalue weighted by Gasteiger charge is -2.07. The maximum atomic E-state index is 12.0. The Labute approximate surface area is 126 Å². The Bertz CT molecular complexity index is 463. The number of carboxylic acid groups (broad SMARTS) is 1. The van der Waals surface area contributed by atoms with E-state index >= 15 is 0 Å². The zero-order chi connectivity index (χ0) is 15.7. The number of benzene rings is 1. The summed E-state index contributed by atoms with van der Waals surface area (Å²) in [5, 5.41) is 11.4. The number of hydrogen-bond donors (Lipinski definition) is 2. The number of aliphatic carboxylic acids is 1. The highest BCUT2D eigenvalue weighted by Crippen LogP contribution is 2.09. The summed E-state index contributed by atoms with van der Waals surface area (Å²) in [7, 11) is 0. The number of hydrogen-bond acceptors (Lipinski definition) is 2. The van der Waals surface area contributed by atoms with Crippen LogP contribution in [0.5, 0.6) is 0 Å². The predicted octanol–water partition coefficient (Wildman–Crippen LogP) is 3.46. The Morgan fingerprint density at radius 2 is 1.52 bits per heavy atom. The lowest BCUT2D eigenvalue weighted by molar-refractivity contribution is -0.137. The molecule has 116 valence electrons. The van der Waals surface area contributed by atoms with Gasteiger partial charge in [-0.1, -0.05) is 36.5 Å². The third-order valence-corrected chi connectivity index (χ3v) is 3.34. The van der Waals surface area contributed by atoms with Gasteiger partial charge in [-0.3, -0.25) is 9.59 Å². The summed E-state index contributed by atoms with van der Waals surface area (Å²) in [5.74, 6) is -0.747. The van der Waals surface area contributed by atoms with Gasteiger partial charge >= 0.3 is 5.97 Å². The SMILES string of the molecule is Cc1cc(C)cc(C(=O)NCCCCCCCC(=O)O)c1. The van der Waals surface area contributed by atoms with E-state index in [9.17, 15) is 9.59 Å². The smallest absolute Gasteiger partial charge is 0.303 e. The summed E-state index contributed by atoms with van der Waals surface area (Å²) >= 11 is 0. The van der Waals surface area contributed by atoms with E-state index in [0.29, 0.717) is 12.1 Å². The van der Waals surface area contributed by atoms with Crippen LogP contribution in [-0.2, 0) is 4.79 Å². The van der Waals surface area contributed by atoms with Crippen LogP contribution in [0.1, 0.15) is 60.0 Å². The van der Waals surface area contributed by atoms with E-state index in [0.717, 1.165) is 43.2 Å². The fourth-order valence-electron chi connectivity index (χ4n) is 2.34. The molecule has 0 fully saturated rings. The largest absolute Gasteiger partial charge is 0.481 e. The first kappa shape index (κ1) is 17.2. The van der Waals surface area contributed by atoms with Gasteiger partial charge in [-0.05, 0) is 38.8 Å². The van der Waals surface area contributed by atoms with E-state index in [4.69, 9.17) is 5.11 Å². The van der Waals surface area contributed by atoms with Gasteiger partial charge in [0.1, 0.15) is 0 Å². The fraction of sp³-hybridized carbons (Fsp3) is 0.529. The minimum Gasteiger partial charge on any atom is -0.481 e. The molecule has 0 radical (unpaired) electrons. The van der Waals surface area contributed by atoms with Gasteiger partial charge in [0, 0.05) is 18.5 Å². The fourth-order valence-corrected chi connectivity index (χ4v) is 2.34. The van der Waals surface area contributed by atoms with Gasteiger partial charge in [0.05, 0.1) is 0 Å². The summed E-state index contributed by atoms with van der Waals surface area (Å²) in [4.78, 5) is 22.3. The Kier molecular flexibility index (Phi) is 7.51. The molecule has 0 aliphatic heterocycles. The summed E-state index contributed by atoms with van der Waals surface area (Å²) < 4.78 is 0. The molecule has 0 aliphatic rings. The van der Waals surface area contributed by atoms with Crippen LogP contribution in [0, 0.1) is 13.8 Å². The molecule has 0 aliphatic carbocycles. The monoisotopic (exact) mass is 291 g/mol. The standard InChI is InChI=1S/C17H25NO3/c1-13-10-14(2)12-15(11-13)17(21)18-9-7-5-3-4-6-8-16(19)20/h10-12H,3-9H2,1-2H3,(H,18,21)(H,19,20).